The molecule has 2 rings (SSSR count). The van der Waals surface area contributed by atoms with Crippen LogP contribution in [0.15, 0.2) is 18.2 Å². The van der Waals surface area contributed by atoms with E-state index in [4.69, 9.17) is 11.6 Å². The minimum absolute atomic E-state index is 0.158. The standard InChI is InChI=1S/C11H14ClFN2O2S/c12-8-4-9(13)6-10(5-8)15-18(16,17)11-2-1-3-14-7-11/h4-6,11,14-15H,1-3,7H2. The molecule has 1 heterocycles. The summed E-state index contributed by atoms with van der Waals surface area (Å²) in [7, 11) is -3.51. The molecule has 1 aromatic rings. The molecule has 1 aliphatic rings. The molecule has 18 heavy (non-hydrogen) atoms. The first-order valence-corrected chi connectivity index (χ1v) is 7.58. The molecule has 100 valence electrons. The van der Waals surface area contributed by atoms with Crippen LogP contribution >= 0.6 is 11.6 Å². The number of nitrogens with one attached hydrogen (secondary N) is 2. The number of rotatable bonds is 3. The number of hydrogen-bond donors (Lipinski definition) is 2. The zero-order valence-corrected chi connectivity index (χ0v) is 11.2. The van der Waals surface area contributed by atoms with E-state index in [9.17, 15) is 12.8 Å². The fourth-order valence-electron chi connectivity index (χ4n) is 1.95. The van der Waals surface area contributed by atoms with Crippen molar-refractivity contribution in [3.05, 3.63) is 29.0 Å². The van der Waals surface area contributed by atoms with Crippen molar-refractivity contribution < 1.29 is 12.8 Å². The number of sulfonamides is 1. The summed E-state index contributed by atoms with van der Waals surface area (Å²) in [6.07, 6.45) is 1.42. The SMILES string of the molecule is O=S(=O)(Nc1cc(F)cc(Cl)c1)C1CCCNC1. The lowest BCUT2D eigenvalue weighted by molar-refractivity contribution is 0.499. The van der Waals surface area contributed by atoms with E-state index in [1.54, 1.807) is 0 Å². The largest absolute Gasteiger partial charge is 0.315 e. The zero-order chi connectivity index (χ0) is 13.2. The van der Waals surface area contributed by atoms with Crippen molar-refractivity contribution in [2.24, 2.45) is 0 Å². The van der Waals surface area contributed by atoms with Gasteiger partial charge in [0.25, 0.3) is 0 Å². The quantitative estimate of drug-likeness (QED) is 0.895. The van der Waals surface area contributed by atoms with Gasteiger partial charge in [-0.1, -0.05) is 11.6 Å². The van der Waals surface area contributed by atoms with E-state index in [1.807, 2.05) is 0 Å². The lowest BCUT2D eigenvalue weighted by Gasteiger charge is -2.23. The van der Waals surface area contributed by atoms with Gasteiger partial charge in [-0.05, 0) is 37.6 Å². The van der Waals surface area contributed by atoms with Crippen molar-refractivity contribution in [3.63, 3.8) is 0 Å². The van der Waals surface area contributed by atoms with E-state index in [2.05, 4.69) is 10.0 Å². The summed E-state index contributed by atoms with van der Waals surface area (Å²) >= 11 is 5.68. The van der Waals surface area contributed by atoms with Crippen LogP contribution in [-0.4, -0.2) is 26.8 Å². The summed E-state index contributed by atoms with van der Waals surface area (Å²) in [6, 6.07) is 3.62. The molecule has 0 radical (unpaired) electrons. The molecule has 1 aromatic carbocycles. The van der Waals surface area contributed by atoms with Crippen molar-refractivity contribution in [2.45, 2.75) is 18.1 Å². The minimum atomic E-state index is -3.51. The van der Waals surface area contributed by atoms with Crippen molar-refractivity contribution in [1.29, 1.82) is 0 Å². The average molecular weight is 293 g/mol. The van der Waals surface area contributed by atoms with Crippen molar-refractivity contribution >= 4 is 27.3 Å². The first-order chi connectivity index (χ1) is 8.47. The molecule has 0 bridgehead atoms. The number of anilines is 1. The average Bonchev–Trinajstić information content (AvgIpc) is 2.28. The van der Waals surface area contributed by atoms with Gasteiger partial charge in [-0.3, -0.25) is 4.72 Å². The van der Waals surface area contributed by atoms with Gasteiger partial charge in [0.15, 0.2) is 0 Å². The summed E-state index contributed by atoms with van der Waals surface area (Å²) in [6.45, 7) is 1.25. The molecule has 0 saturated carbocycles. The van der Waals surface area contributed by atoms with Crippen LogP contribution in [0.1, 0.15) is 12.8 Å². The van der Waals surface area contributed by atoms with E-state index < -0.39 is 21.1 Å². The molecule has 1 atom stereocenters. The van der Waals surface area contributed by atoms with Crippen LogP contribution in [0, 0.1) is 5.82 Å². The Morgan fingerprint density at radius 1 is 1.39 bits per heavy atom. The van der Waals surface area contributed by atoms with E-state index in [1.165, 1.54) is 6.07 Å². The summed E-state index contributed by atoms with van der Waals surface area (Å²) in [4.78, 5) is 0. The van der Waals surface area contributed by atoms with Crippen LogP contribution in [0.25, 0.3) is 0 Å². The van der Waals surface area contributed by atoms with Gasteiger partial charge in [-0.15, -0.1) is 0 Å². The lowest BCUT2D eigenvalue weighted by Crippen LogP contribution is -2.41. The van der Waals surface area contributed by atoms with E-state index in [0.29, 0.717) is 13.0 Å². The predicted molar refractivity (Wildman–Crippen MR) is 69.8 cm³/mol. The van der Waals surface area contributed by atoms with E-state index >= 15 is 0 Å². The highest BCUT2D eigenvalue weighted by Crippen LogP contribution is 2.21. The topological polar surface area (TPSA) is 58.2 Å². The molecule has 1 fully saturated rings. The Hall–Kier alpha value is -0.850. The summed E-state index contributed by atoms with van der Waals surface area (Å²) in [5, 5.41) is 2.70. The fraction of sp³-hybridized carbons (Fsp3) is 0.455. The maximum absolute atomic E-state index is 13.1. The maximum atomic E-state index is 13.1. The first kappa shape index (κ1) is 13.6. The molecule has 0 aliphatic carbocycles. The highest BCUT2D eigenvalue weighted by Gasteiger charge is 2.27. The second-order valence-electron chi connectivity index (χ2n) is 4.27. The third-order valence-corrected chi connectivity index (χ3v) is 4.83. The molecule has 0 spiro atoms. The Bertz CT molecular complexity index is 510. The number of hydrogen-bond acceptors (Lipinski definition) is 3. The van der Waals surface area contributed by atoms with E-state index in [0.717, 1.165) is 25.1 Å². The smallest absolute Gasteiger partial charge is 0.236 e. The molecule has 1 unspecified atom stereocenters. The van der Waals surface area contributed by atoms with Crippen LogP contribution in [0.4, 0.5) is 10.1 Å². The van der Waals surface area contributed by atoms with Gasteiger partial charge >= 0.3 is 0 Å². The van der Waals surface area contributed by atoms with Crippen LogP contribution in [-0.2, 0) is 10.0 Å². The Morgan fingerprint density at radius 3 is 2.78 bits per heavy atom. The Morgan fingerprint density at radius 2 is 2.17 bits per heavy atom. The number of piperidine rings is 1. The van der Waals surface area contributed by atoms with Crippen molar-refractivity contribution in [2.75, 3.05) is 17.8 Å². The van der Waals surface area contributed by atoms with Gasteiger partial charge in [0, 0.05) is 11.6 Å². The van der Waals surface area contributed by atoms with Crippen LogP contribution < -0.4 is 10.0 Å². The summed E-state index contributed by atoms with van der Waals surface area (Å²) in [5.41, 5.74) is 0.158. The van der Waals surface area contributed by atoms with Gasteiger partial charge < -0.3 is 5.32 Å². The monoisotopic (exact) mass is 292 g/mol. The van der Waals surface area contributed by atoms with Crippen molar-refractivity contribution in [3.8, 4) is 0 Å². The van der Waals surface area contributed by atoms with E-state index in [-0.39, 0.29) is 10.7 Å². The summed E-state index contributed by atoms with van der Waals surface area (Å²) < 4.78 is 39.6. The second kappa shape index (κ2) is 5.42. The number of benzene rings is 1. The van der Waals surface area contributed by atoms with Gasteiger partial charge in [0.1, 0.15) is 5.82 Å². The Labute approximate surface area is 111 Å². The molecule has 4 nitrogen and oxygen atoms in total. The first-order valence-electron chi connectivity index (χ1n) is 5.66. The maximum Gasteiger partial charge on any atom is 0.236 e. The molecule has 1 aliphatic heterocycles. The molecule has 1 saturated heterocycles. The predicted octanol–water partition coefficient (Wildman–Crippen LogP) is 1.97. The van der Waals surface area contributed by atoms with Crippen molar-refractivity contribution in [1.82, 2.24) is 5.32 Å². The van der Waals surface area contributed by atoms with Gasteiger partial charge in [-0.2, -0.15) is 0 Å². The molecule has 0 amide bonds. The second-order valence-corrected chi connectivity index (χ2v) is 6.67. The van der Waals surface area contributed by atoms with Crippen LogP contribution in [0.5, 0.6) is 0 Å². The third-order valence-electron chi connectivity index (χ3n) is 2.81. The highest BCUT2D eigenvalue weighted by molar-refractivity contribution is 7.93. The Balaban J connectivity index is 2.16. The third kappa shape index (κ3) is 3.34. The van der Waals surface area contributed by atoms with Gasteiger partial charge in [0.05, 0.1) is 10.9 Å². The van der Waals surface area contributed by atoms with Crippen LogP contribution in [0.3, 0.4) is 0 Å². The molecular weight excluding hydrogens is 279 g/mol. The lowest BCUT2D eigenvalue weighted by atomic mass is 10.2. The molecule has 2 N–H and O–H groups in total. The summed E-state index contributed by atoms with van der Waals surface area (Å²) in [5.74, 6) is -0.568. The van der Waals surface area contributed by atoms with Gasteiger partial charge in [-0.25, -0.2) is 12.8 Å². The Kier molecular flexibility index (Phi) is 4.09. The van der Waals surface area contributed by atoms with Crippen LogP contribution in [0.2, 0.25) is 5.02 Å². The number of halogens is 2. The molecule has 7 heteroatoms. The normalized spacial score (nSPS) is 20.7. The fourth-order valence-corrected chi connectivity index (χ4v) is 3.59. The van der Waals surface area contributed by atoms with Gasteiger partial charge in [0.2, 0.25) is 10.0 Å². The molecular formula is C11H14ClFN2O2S. The zero-order valence-electron chi connectivity index (χ0n) is 9.62. The molecule has 0 aromatic heterocycles. The highest BCUT2D eigenvalue weighted by atomic mass is 35.5. The minimum Gasteiger partial charge on any atom is -0.315 e.